The zero-order chi connectivity index (χ0) is 12.9. The Hall–Kier alpha value is -1.53. The molecule has 0 saturated carbocycles. The van der Waals surface area contributed by atoms with Crippen molar-refractivity contribution < 1.29 is 28.8 Å². The SMILES string of the molecule is C=CC1COC(C)(C)O1.O=C(O)C1OC=CO1. The molecule has 1 unspecified atom stereocenters. The zero-order valence-corrected chi connectivity index (χ0v) is 9.79. The number of carboxylic acid groups (broad SMARTS) is 1. The van der Waals surface area contributed by atoms with Gasteiger partial charge >= 0.3 is 12.3 Å². The van der Waals surface area contributed by atoms with E-state index in [1.807, 2.05) is 13.8 Å². The van der Waals surface area contributed by atoms with Gasteiger partial charge < -0.3 is 24.1 Å². The summed E-state index contributed by atoms with van der Waals surface area (Å²) in [6, 6.07) is 0. The Labute approximate surface area is 99.4 Å². The van der Waals surface area contributed by atoms with Gasteiger partial charge in [0.15, 0.2) is 5.79 Å². The van der Waals surface area contributed by atoms with Crippen LogP contribution in [0.3, 0.4) is 0 Å². The van der Waals surface area contributed by atoms with Gasteiger partial charge in [-0.1, -0.05) is 6.08 Å². The Balaban J connectivity index is 0.000000171. The van der Waals surface area contributed by atoms with Gasteiger partial charge in [-0.15, -0.1) is 6.58 Å². The highest BCUT2D eigenvalue weighted by molar-refractivity contribution is 5.71. The van der Waals surface area contributed by atoms with Crippen molar-refractivity contribution in [2.75, 3.05) is 6.61 Å². The standard InChI is InChI=1S/C7H12O2.C4H4O4/c1-4-6-5-8-7(2,3)9-6;5-3(6)4-7-1-2-8-4/h4,6H,1,5H2,2-3H3;1-2,4H,(H,5,6). The van der Waals surface area contributed by atoms with Crippen LogP contribution < -0.4 is 0 Å². The molecular formula is C11H16O6. The van der Waals surface area contributed by atoms with Gasteiger partial charge in [-0.25, -0.2) is 4.79 Å². The minimum Gasteiger partial charge on any atom is -0.476 e. The summed E-state index contributed by atoms with van der Waals surface area (Å²) >= 11 is 0. The third kappa shape index (κ3) is 4.46. The van der Waals surface area contributed by atoms with Gasteiger partial charge in [0.1, 0.15) is 18.6 Å². The Kier molecular flexibility index (Phi) is 4.53. The van der Waals surface area contributed by atoms with Gasteiger partial charge in [0.05, 0.1) is 6.61 Å². The second kappa shape index (κ2) is 5.70. The number of carbonyl (C=O) groups is 1. The van der Waals surface area contributed by atoms with Crippen LogP contribution in [0.2, 0.25) is 0 Å². The van der Waals surface area contributed by atoms with Crippen LogP contribution >= 0.6 is 0 Å². The summed E-state index contributed by atoms with van der Waals surface area (Å²) in [7, 11) is 0. The van der Waals surface area contributed by atoms with Crippen LogP contribution in [-0.2, 0) is 23.7 Å². The summed E-state index contributed by atoms with van der Waals surface area (Å²) in [5, 5.41) is 8.12. The van der Waals surface area contributed by atoms with Crippen molar-refractivity contribution in [1.82, 2.24) is 0 Å². The second-order valence-corrected chi connectivity index (χ2v) is 3.82. The highest BCUT2D eigenvalue weighted by Gasteiger charge is 2.30. The summed E-state index contributed by atoms with van der Waals surface area (Å²) < 4.78 is 19.4. The molecule has 1 saturated heterocycles. The molecule has 1 atom stereocenters. The normalized spacial score (nSPS) is 25.4. The smallest absolute Gasteiger partial charge is 0.387 e. The van der Waals surface area contributed by atoms with Crippen molar-refractivity contribution in [3.8, 4) is 0 Å². The van der Waals surface area contributed by atoms with Crippen LogP contribution in [-0.4, -0.2) is 35.9 Å². The Bertz CT molecular complexity index is 301. The minimum atomic E-state index is -1.13. The van der Waals surface area contributed by atoms with Gasteiger partial charge in [-0.05, 0) is 13.8 Å². The zero-order valence-electron chi connectivity index (χ0n) is 9.79. The molecule has 2 rings (SSSR count). The van der Waals surface area contributed by atoms with Crippen molar-refractivity contribution in [1.29, 1.82) is 0 Å². The molecule has 0 spiro atoms. The van der Waals surface area contributed by atoms with Crippen LogP contribution in [0.4, 0.5) is 0 Å². The molecule has 0 aliphatic carbocycles. The molecule has 0 amide bonds. The molecule has 1 fully saturated rings. The van der Waals surface area contributed by atoms with E-state index < -0.39 is 18.0 Å². The molecule has 2 heterocycles. The monoisotopic (exact) mass is 244 g/mol. The maximum absolute atomic E-state index is 9.91. The van der Waals surface area contributed by atoms with E-state index >= 15 is 0 Å². The molecule has 0 aromatic rings. The molecule has 2 aliphatic heterocycles. The molecule has 6 heteroatoms. The van der Waals surface area contributed by atoms with Crippen molar-refractivity contribution in [2.45, 2.75) is 32.0 Å². The van der Waals surface area contributed by atoms with E-state index in [0.717, 1.165) is 0 Å². The van der Waals surface area contributed by atoms with Crippen LogP contribution in [0, 0.1) is 0 Å². The predicted octanol–water partition coefficient (Wildman–Crippen LogP) is 1.24. The summed E-state index contributed by atoms with van der Waals surface area (Å²) in [6.45, 7) is 8.04. The van der Waals surface area contributed by atoms with E-state index in [9.17, 15) is 4.79 Å². The Morgan fingerprint density at radius 3 is 2.29 bits per heavy atom. The largest absolute Gasteiger partial charge is 0.476 e. The average molecular weight is 244 g/mol. The van der Waals surface area contributed by atoms with E-state index in [2.05, 4.69) is 16.1 Å². The molecule has 0 radical (unpaired) electrons. The van der Waals surface area contributed by atoms with Crippen LogP contribution in [0.5, 0.6) is 0 Å². The number of ether oxygens (including phenoxy) is 4. The quantitative estimate of drug-likeness (QED) is 0.737. The lowest BCUT2D eigenvalue weighted by Crippen LogP contribution is -2.20. The third-order valence-electron chi connectivity index (χ3n) is 1.95. The first-order valence-electron chi connectivity index (χ1n) is 5.08. The number of carboxylic acids is 1. The van der Waals surface area contributed by atoms with Crippen molar-refractivity contribution in [3.05, 3.63) is 25.2 Å². The third-order valence-corrected chi connectivity index (χ3v) is 1.95. The van der Waals surface area contributed by atoms with E-state index in [0.29, 0.717) is 6.61 Å². The highest BCUT2D eigenvalue weighted by atomic mass is 16.7. The van der Waals surface area contributed by atoms with Crippen molar-refractivity contribution >= 4 is 5.97 Å². The fraction of sp³-hybridized carbons (Fsp3) is 0.545. The average Bonchev–Trinajstić information content (AvgIpc) is 2.87. The lowest BCUT2D eigenvalue weighted by Gasteiger charge is -2.15. The molecule has 17 heavy (non-hydrogen) atoms. The summed E-state index contributed by atoms with van der Waals surface area (Å²) in [6.07, 6.45) is 3.10. The van der Waals surface area contributed by atoms with E-state index in [4.69, 9.17) is 14.6 Å². The predicted molar refractivity (Wildman–Crippen MR) is 57.8 cm³/mol. The van der Waals surface area contributed by atoms with E-state index in [1.165, 1.54) is 12.5 Å². The van der Waals surface area contributed by atoms with Crippen LogP contribution in [0.15, 0.2) is 25.2 Å². The summed E-state index contributed by atoms with van der Waals surface area (Å²) in [5.41, 5.74) is 0. The molecule has 0 aromatic carbocycles. The molecule has 1 N–H and O–H groups in total. The first-order valence-corrected chi connectivity index (χ1v) is 5.08. The van der Waals surface area contributed by atoms with Gasteiger partial charge in [0.2, 0.25) is 0 Å². The molecule has 96 valence electrons. The second-order valence-electron chi connectivity index (χ2n) is 3.82. The van der Waals surface area contributed by atoms with Crippen molar-refractivity contribution in [2.24, 2.45) is 0 Å². The lowest BCUT2D eigenvalue weighted by atomic mass is 10.4. The van der Waals surface area contributed by atoms with E-state index in [-0.39, 0.29) is 6.10 Å². The summed E-state index contributed by atoms with van der Waals surface area (Å²) in [5.74, 6) is -1.52. The molecular weight excluding hydrogens is 228 g/mol. The molecule has 0 aromatic heterocycles. The first kappa shape index (κ1) is 13.5. The maximum Gasteiger partial charge on any atom is 0.387 e. The molecule has 0 bridgehead atoms. The fourth-order valence-corrected chi connectivity index (χ4v) is 1.19. The lowest BCUT2D eigenvalue weighted by molar-refractivity contribution is -0.162. The van der Waals surface area contributed by atoms with Crippen LogP contribution in [0.1, 0.15) is 13.8 Å². The van der Waals surface area contributed by atoms with Crippen LogP contribution in [0.25, 0.3) is 0 Å². The van der Waals surface area contributed by atoms with Gasteiger partial charge in [0, 0.05) is 0 Å². The highest BCUT2D eigenvalue weighted by Crippen LogP contribution is 2.22. The Morgan fingerprint density at radius 1 is 1.47 bits per heavy atom. The number of hydrogen-bond donors (Lipinski definition) is 1. The maximum atomic E-state index is 9.91. The number of hydrogen-bond acceptors (Lipinski definition) is 5. The van der Waals surface area contributed by atoms with E-state index in [1.54, 1.807) is 6.08 Å². The summed E-state index contributed by atoms with van der Waals surface area (Å²) in [4.78, 5) is 9.91. The minimum absolute atomic E-state index is 0.0833. The first-order chi connectivity index (χ1) is 7.94. The number of aliphatic carboxylic acids is 1. The van der Waals surface area contributed by atoms with Gasteiger partial charge in [-0.2, -0.15) is 0 Å². The Morgan fingerprint density at radius 2 is 2.06 bits per heavy atom. The van der Waals surface area contributed by atoms with Gasteiger partial charge in [-0.3, -0.25) is 0 Å². The molecule has 6 nitrogen and oxygen atoms in total. The van der Waals surface area contributed by atoms with Crippen molar-refractivity contribution in [3.63, 3.8) is 0 Å². The fourth-order valence-electron chi connectivity index (χ4n) is 1.19. The molecule has 2 aliphatic rings. The number of rotatable bonds is 2. The van der Waals surface area contributed by atoms with Gasteiger partial charge in [0.25, 0.3) is 0 Å². The topological polar surface area (TPSA) is 74.2 Å².